The first-order valence-electron chi connectivity index (χ1n) is 4.63. The molecule has 0 aliphatic carbocycles. The van der Waals surface area contributed by atoms with E-state index in [1.165, 1.54) is 0 Å². The molecule has 1 unspecified atom stereocenters. The number of hydrogen-bond donors (Lipinski definition) is 0. The monoisotopic (exact) mass is 207 g/mol. The Bertz CT molecular complexity index is 157. The van der Waals surface area contributed by atoms with E-state index in [4.69, 9.17) is 9.47 Å². The first-order chi connectivity index (χ1) is 5.93. The van der Waals surface area contributed by atoms with E-state index in [0.29, 0.717) is 13.2 Å². The van der Waals surface area contributed by atoms with Crippen molar-refractivity contribution in [1.29, 1.82) is 0 Å². The summed E-state index contributed by atoms with van der Waals surface area (Å²) in [6.07, 6.45) is 0. The lowest BCUT2D eigenvalue weighted by Crippen LogP contribution is -2.21. The normalized spacial score (nSPS) is 13.5. The predicted octanol–water partition coefficient (Wildman–Crippen LogP) is 2.97. The largest absolute Gasteiger partial charge is 0.406 e. The van der Waals surface area contributed by atoms with Crippen molar-refractivity contribution in [2.45, 2.75) is 45.8 Å². The van der Waals surface area contributed by atoms with Gasteiger partial charge in [-0.2, -0.15) is 0 Å². The van der Waals surface area contributed by atoms with E-state index < -0.39 is 13.8 Å². The Morgan fingerprint density at radius 3 is 1.77 bits per heavy atom. The summed E-state index contributed by atoms with van der Waals surface area (Å²) in [5.41, 5.74) is 0. The summed E-state index contributed by atoms with van der Waals surface area (Å²) in [6, 6.07) is -0.551. The Hall–Kier alpha value is 0.0200. The van der Waals surface area contributed by atoms with Crippen LogP contribution in [-0.2, 0) is 14.0 Å². The molecule has 0 N–H and O–H groups in total. The Kier molecular flexibility index (Phi) is 5.70. The molecule has 0 bridgehead atoms. The molecule has 0 rings (SSSR count). The molecule has 0 saturated carbocycles. The molecule has 1 atom stereocenters. The first-order valence-corrected chi connectivity index (χ1v) is 5.96. The van der Waals surface area contributed by atoms with Gasteiger partial charge in [0.2, 0.25) is 0 Å². The zero-order chi connectivity index (χ0) is 10.5. The highest BCUT2D eigenvalue weighted by Crippen LogP contribution is 2.43. The molecular formula is C9H20O3P+. The summed E-state index contributed by atoms with van der Waals surface area (Å²) in [6.45, 7) is 10.6. The van der Waals surface area contributed by atoms with Crippen LogP contribution in [0, 0.1) is 0 Å². The van der Waals surface area contributed by atoms with Crippen molar-refractivity contribution in [3.05, 3.63) is 0 Å². The Labute approximate surface area is 81.6 Å². The van der Waals surface area contributed by atoms with E-state index in [9.17, 15) is 4.57 Å². The number of rotatable bonds is 5. The zero-order valence-corrected chi connectivity index (χ0v) is 10.1. The minimum atomic E-state index is -1.49. The van der Waals surface area contributed by atoms with Gasteiger partial charge in [-0.15, -0.1) is 0 Å². The molecule has 0 aromatic heterocycles. The summed E-state index contributed by atoms with van der Waals surface area (Å²) in [5.74, 6) is 0. The van der Waals surface area contributed by atoms with Gasteiger partial charge in [-0.1, -0.05) is 4.57 Å². The number of hydrogen-bond acceptors (Lipinski definition) is 3. The highest BCUT2D eigenvalue weighted by molar-refractivity contribution is 7.46. The molecule has 0 fully saturated rings. The molecule has 0 heterocycles. The molecule has 0 amide bonds. The van der Waals surface area contributed by atoms with Gasteiger partial charge in [-0.05, 0) is 34.6 Å². The van der Waals surface area contributed by atoms with Crippen molar-refractivity contribution >= 4 is 7.80 Å². The van der Waals surface area contributed by atoms with Crippen LogP contribution in [0.5, 0.6) is 0 Å². The van der Waals surface area contributed by atoms with Crippen LogP contribution in [0.3, 0.4) is 0 Å². The van der Waals surface area contributed by atoms with Gasteiger partial charge < -0.3 is 9.47 Å². The molecule has 0 radical (unpaired) electrons. The van der Waals surface area contributed by atoms with Gasteiger partial charge in [0, 0.05) is 0 Å². The second-order valence-electron chi connectivity index (χ2n) is 3.71. The van der Waals surface area contributed by atoms with E-state index in [2.05, 4.69) is 0 Å². The Balaban J connectivity index is 4.27. The summed E-state index contributed by atoms with van der Waals surface area (Å²) >= 11 is 0. The second-order valence-corrected chi connectivity index (χ2v) is 6.13. The quantitative estimate of drug-likeness (QED) is 0.513. The molecular weight excluding hydrogens is 187 g/mol. The van der Waals surface area contributed by atoms with Gasteiger partial charge in [-0.3, -0.25) is 0 Å². The van der Waals surface area contributed by atoms with Crippen molar-refractivity contribution in [2.24, 2.45) is 0 Å². The molecule has 0 saturated heterocycles. The maximum atomic E-state index is 11.8. The molecule has 0 aliphatic rings. The molecule has 0 spiro atoms. The zero-order valence-electron chi connectivity index (χ0n) is 9.16. The standard InChI is InChI=1S/C9H20O3P/c1-6-11-8(12-7-2)13(10)9(3,4)5/h8H,6-7H2,1-5H3/q+1. The van der Waals surface area contributed by atoms with Crippen molar-refractivity contribution in [3.8, 4) is 0 Å². The summed E-state index contributed by atoms with van der Waals surface area (Å²) in [4.78, 5) is 0. The molecule has 3 nitrogen and oxygen atoms in total. The van der Waals surface area contributed by atoms with E-state index in [1.807, 2.05) is 34.6 Å². The lowest BCUT2D eigenvalue weighted by atomic mass is 10.3. The second kappa shape index (κ2) is 5.69. The topological polar surface area (TPSA) is 35.5 Å². The van der Waals surface area contributed by atoms with Gasteiger partial charge in [0.1, 0.15) is 0 Å². The number of ether oxygens (including phenoxy) is 2. The Morgan fingerprint density at radius 1 is 1.15 bits per heavy atom. The van der Waals surface area contributed by atoms with Crippen LogP contribution in [0.2, 0.25) is 0 Å². The summed E-state index contributed by atoms with van der Waals surface area (Å²) < 4.78 is 22.4. The fourth-order valence-corrected chi connectivity index (χ4v) is 1.99. The highest BCUT2D eigenvalue weighted by atomic mass is 31.1. The van der Waals surface area contributed by atoms with Crippen LogP contribution in [0.4, 0.5) is 0 Å². The minimum Gasteiger partial charge on any atom is -0.313 e. The maximum absolute atomic E-state index is 11.8. The van der Waals surface area contributed by atoms with Crippen molar-refractivity contribution in [3.63, 3.8) is 0 Å². The van der Waals surface area contributed by atoms with Crippen molar-refractivity contribution in [2.75, 3.05) is 13.2 Å². The predicted molar refractivity (Wildman–Crippen MR) is 54.4 cm³/mol. The molecule has 0 aliphatic heterocycles. The van der Waals surface area contributed by atoms with Crippen LogP contribution in [0.25, 0.3) is 0 Å². The summed E-state index contributed by atoms with van der Waals surface area (Å²) in [5, 5.41) is -0.260. The van der Waals surface area contributed by atoms with Crippen molar-refractivity contribution in [1.82, 2.24) is 0 Å². The maximum Gasteiger partial charge on any atom is 0.406 e. The van der Waals surface area contributed by atoms with Crippen LogP contribution in [0.1, 0.15) is 34.6 Å². The highest BCUT2D eigenvalue weighted by Gasteiger charge is 2.43. The molecule has 0 aromatic rings. The third kappa shape index (κ3) is 4.70. The van der Waals surface area contributed by atoms with E-state index in [1.54, 1.807) is 0 Å². The van der Waals surface area contributed by atoms with Gasteiger partial charge in [0.15, 0.2) is 5.16 Å². The van der Waals surface area contributed by atoms with E-state index in [0.717, 1.165) is 0 Å². The lowest BCUT2D eigenvalue weighted by Gasteiger charge is -2.13. The average molecular weight is 207 g/mol. The SMILES string of the molecule is CCOC(OCC)[P+](=O)C(C)(C)C. The molecule has 4 heteroatoms. The van der Waals surface area contributed by atoms with Crippen LogP contribution >= 0.6 is 7.80 Å². The fourth-order valence-electron chi connectivity index (χ4n) is 0.785. The lowest BCUT2D eigenvalue weighted by molar-refractivity contribution is -0.0806. The van der Waals surface area contributed by atoms with Gasteiger partial charge in [0.05, 0.1) is 13.2 Å². The van der Waals surface area contributed by atoms with E-state index in [-0.39, 0.29) is 5.16 Å². The van der Waals surface area contributed by atoms with Crippen molar-refractivity contribution < 1.29 is 14.0 Å². The Morgan fingerprint density at radius 2 is 1.54 bits per heavy atom. The molecule has 78 valence electrons. The smallest absolute Gasteiger partial charge is 0.313 e. The average Bonchev–Trinajstić information content (AvgIpc) is 2.01. The third-order valence-corrected chi connectivity index (χ3v) is 3.47. The van der Waals surface area contributed by atoms with Gasteiger partial charge in [0.25, 0.3) is 0 Å². The first kappa shape index (κ1) is 13.0. The van der Waals surface area contributed by atoms with Crippen LogP contribution in [0.15, 0.2) is 0 Å². The molecule has 0 aromatic carbocycles. The van der Waals surface area contributed by atoms with Crippen LogP contribution < -0.4 is 0 Å². The van der Waals surface area contributed by atoms with Crippen LogP contribution in [-0.4, -0.2) is 24.4 Å². The van der Waals surface area contributed by atoms with Gasteiger partial charge >= 0.3 is 13.8 Å². The third-order valence-electron chi connectivity index (χ3n) is 1.47. The fraction of sp³-hybridized carbons (Fsp3) is 1.00. The minimum absolute atomic E-state index is 0.260. The van der Waals surface area contributed by atoms with E-state index >= 15 is 0 Å². The summed E-state index contributed by atoms with van der Waals surface area (Å²) in [7, 11) is -1.49. The van der Waals surface area contributed by atoms with Gasteiger partial charge in [-0.25, -0.2) is 0 Å². The molecule has 13 heavy (non-hydrogen) atoms.